The summed E-state index contributed by atoms with van der Waals surface area (Å²) in [6.07, 6.45) is 0. The van der Waals surface area contributed by atoms with Gasteiger partial charge in [0.2, 0.25) is 0 Å². The maximum atomic E-state index is 12.4. The van der Waals surface area contributed by atoms with Crippen LogP contribution in [0.15, 0.2) is 71.0 Å². The van der Waals surface area contributed by atoms with Crippen LogP contribution in [-0.2, 0) is 16.8 Å². The Labute approximate surface area is 193 Å². The number of thioether (sulfide) groups is 1. The summed E-state index contributed by atoms with van der Waals surface area (Å²) in [5, 5.41) is 18.6. The molecule has 32 heavy (non-hydrogen) atoms. The quantitative estimate of drug-likeness (QED) is 0.321. The Morgan fingerprint density at radius 3 is 2.31 bits per heavy atom. The van der Waals surface area contributed by atoms with Crippen LogP contribution in [0, 0.1) is 11.3 Å². The predicted molar refractivity (Wildman–Crippen MR) is 128 cm³/mol. The number of hydrogen-bond donors (Lipinski definition) is 1. The van der Waals surface area contributed by atoms with E-state index < -0.39 is 0 Å². The Balaban J connectivity index is 1.94. The lowest BCUT2D eigenvalue weighted by Gasteiger charge is -2.19. The minimum absolute atomic E-state index is 0.00961. The normalized spacial score (nSPS) is 12.2. The van der Waals surface area contributed by atoms with E-state index >= 15 is 0 Å². The minimum atomic E-state index is -0.317. The van der Waals surface area contributed by atoms with E-state index in [0.29, 0.717) is 11.7 Å². The van der Waals surface area contributed by atoms with Crippen molar-refractivity contribution in [2.45, 2.75) is 44.8 Å². The van der Waals surface area contributed by atoms with Crippen molar-refractivity contribution in [3.63, 3.8) is 0 Å². The van der Waals surface area contributed by atoms with Gasteiger partial charge in [0.25, 0.3) is 0 Å². The highest BCUT2D eigenvalue weighted by atomic mass is 32.2. The van der Waals surface area contributed by atoms with Gasteiger partial charge in [0.05, 0.1) is 12.3 Å². The lowest BCUT2D eigenvalue weighted by molar-refractivity contribution is -0.112. The van der Waals surface area contributed by atoms with Crippen LogP contribution in [-0.4, -0.2) is 26.3 Å². The van der Waals surface area contributed by atoms with Crippen molar-refractivity contribution in [2.24, 2.45) is 5.73 Å². The first-order valence-corrected chi connectivity index (χ1v) is 11.3. The van der Waals surface area contributed by atoms with E-state index in [1.165, 1.54) is 17.3 Å². The van der Waals surface area contributed by atoms with E-state index in [1.807, 2.05) is 41.0 Å². The van der Waals surface area contributed by atoms with Crippen LogP contribution in [0.3, 0.4) is 0 Å². The zero-order chi connectivity index (χ0) is 23.3. The zero-order valence-electron chi connectivity index (χ0n) is 18.8. The van der Waals surface area contributed by atoms with Gasteiger partial charge in [0.15, 0.2) is 16.8 Å². The number of carbonyl (C=O) groups is 1. The van der Waals surface area contributed by atoms with Crippen molar-refractivity contribution in [2.75, 3.05) is 5.75 Å². The molecule has 0 fully saturated rings. The molecular weight excluding hydrogens is 418 g/mol. The molecule has 0 aliphatic carbocycles. The summed E-state index contributed by atoms with van der Waals surface area (Å²) >= 11 is 1.26. The third-order valence-electron chi connectivity index (χ3n) is 5.03. The van der Waals surface area contributed by atoms with E-state index in [0.717, 1.165) is 17.0 Å². The number of hydrogen-bond acceptors (Lipinski definition) is 6. The molecular formula is C25H27N5OS. The molecule has 0 unspecified atom stereocenters. The molecule has 3 rings (SSSR count). The van der Waals surface area contributed by atoms with Crippen molar-refractivity contribution in [3.05, 3.63) is 77.0 Å². The van der Waals surface area contributed by atoms with Gasteiger partial charge in [-0.3, -0.25) is 9.36 Å². The van der Waals surface area contributed by atoms with Crippen LogP contribution in [0.5, 0.6) is 0 Å². The average molecular weight is 446 g/mol. The predicted octanol–water partition coefficient (Wildman–Crippen LogP) is 4.71. The third-order valence-corrected chi connectivity index (χ3v) is 5.99. The molecule has 2 N–H and O–H groups in total. The Morgan fingerprint density at radius 1 is 1.09 bits per heavy atom. The molecule has 1 aromatic heterocycles. The Bertz CT molecular complexity index is 1160. The van der Waals surface area contributed by atoms with E-state index in [-0.39, 0.29) is 28.2 Å². The molecule has 2 aromatic carbocycles. The summed E-state index contributed by atoms with van der Waals surface area (Å²) in [6.45, 7) is 8.66. The fraction of sp³-hybridized carbons (Fsp3) is 0.280. The van der Waals surface area contributed by atoms with E-state index in [1.54, 1.807) is 6.92 Å². The highest BCUT2D eigenvalue weighted by Crippen LogP contribution is 2.28. The molecule has 0 bridgehead atoms. The van der Waals surface area contributed by atoms with Crippen LogP contribution < -0.4 is 5.73 Å². The first-order valence-electron chi connectivity index (χ1n) is 10.3. The number of carbonyl (C=O) groups excluding carboxylic acids is 1. The molecule has 3 aromatic rings. The van der Waals surface area contributed by atoms with Crippen LogP contribution in [0.25, 0.3) is 11.4 Å². The number of nitriles is 1. The first kappa shape index (κ1) is 23.3. The van der Waals surface area contributed by atoms with Crippen LogP contribution in [0.4, 0.5) is 0 Å². The van der Waals surface area contributed by atoms with Crippen LogP contribution in [0.1, 0.15) is 38.8 Å². The average Bonchev–Trinajstić information content (AvgIpc) is 3.15. The molecule has 164 valence electrons. The Morgan fingerprint density at radius 2 is 1.75 bits per heavy atom. The second-order valence-electron chi connectivity index (χ2n) is 8.59. The molecule has 7 heteroatoms. The molecule has 0 spiro atoms. The molecule has 0 amide bonds. The fourth-order valence-corrected chi connectivity index (χ4v) is 4.02. The summed E-state index contributed by atoms with van der Waals surface area (Å²) < 4.78 is 2.00. The number of Topliss-reactive ketones (excluding diaryl/α,β-unsaturated/α-hetero) is 1. The van der Waals surface area contributed by atoms with Crippen molar-refractivity contribution in [1.29, 1.82) is 5.26 Å². The highest BCUT2D eigenvalue weighted by Gasteiger charge is 2.19. The second kappa shape index (κ2) is 9.84. The fourth-order valence-electron chi connectivity index (χ4n) is 3.21. The second-order valence-corrected chi connectivity index (χ2v) is 9.53. The van der Waals surface area contributed by atoms with Crippen LogP contribution >= 0.6 is 11.8 Å². The number of allylic oxidation sites excluding steroid dienone is 2. The van der Waals surface area contributed by atoms with Gasteiger partial charge in [-0.15, -0.1) is 10.2 Å². The number of aromatic nitrogens is 3. The minimum Gasteiger partial charge on any atom is -0.401 e. The van der Waals surface area contributed by atoms with Gasteiger partial charge in [0, 0.05) is 11.3 Å². The van der Waals surface area contributed by atoms with Gasteiger partial charge in [0.1, 0.15) is 11.6 Å². The molecule has 1 heterocycles. The third kappa shape index (κ3) is 5.45. The summed E-state index contributed by atoms with van der Waals surface area (Å²) in [4.78, 5) is 12.4. The molecule has 0 aliphatic rings. The molecule has 0 atom stereocenters. The van der Waals surface area contributed by atoms with Crippen molar-refractivity contribution in [1.82, 2.24) is 14.8 Å². The van der Waals surface area contributed by atoms with E-state index in [2.05, 4.69) is 55.2 Å². The first-order chi connectivity index (χ1) is 15.2. The Kier molecular flexibility index (Phi) is 7.16. The number of benzene rings is 2. The SMILES string of the molecule is C/C(N)=C(/C#N)C(=O)CSc1nnc(-c2ccc(C(C)(C)C)cc2)n1Cc1ccccc1. The standard InChI is InChI=1S/C25H27N5OS/c1-17(27)21(14-26)22(31)16-32-24-29-28-23(30(24)15-18-8-6-5-7-9-18)19-10-12-20(13-11-19)25(2,3)4/h5-13H,15-16,27H2,1-4H3/b21-17+. The van der Waals surface area contributed by atoms with E-state index in [9.17, 15) is 10.1 Å². The Hall–Kier alpha value is -3.37. The largest absolute Gasteiger partial charge is 0.401 e. The van der Waals surface area contributed by atoms with Gasteiger partial charge in [-0.25, -0.2) is 0 Å². The molecule has 0 saturated carbocycles. The summed E-state index contributed by atoms with van der Waals surface area (Å²) in [6, 6.07) is 20.3. The van der Waals surface area contributed by atoms with Gasteiger partial charge < -0.3 is 5.73 Å². The summed E-state index contributed by atoms with van der Waals surface area (Å²) in [5.74, 6) is 0.478. The highest BCUT2D eigenvalue weighted by molar-refractivity contribution is 7.99. The van der Waals surface area contributed by atoms with Gasteiger partial charge in [-0.05, 0) is 23.5 Å². The number of nitrogens with two attached hydrogens (primary N) is 1. The summed E-state index contributed by atoms with van der Waals surface area (Å²) in [5.41, 5.74) is 9.24. The van der Waals surface area contributed by atoms with Crippen molar-refractivity contribution in [3.8, 4) is 17.5 Å². The van der Waals surface area contributed by atoms with Crippen molar-refractivity contribution >= 4 is 17.5 Å². The number of nitrogens with zero attached hydrogens (tertiary/aromatic N) is 4. The lowest BCUT2D eigenvalue weighted by Crippen LogP contribution is -2.11. The number of ketones is 1. The smallest absolute Gasteiger partial charge is 0.192 e. The van der Waals surface area contributed by atoms with Crippen LogP contribution in [0.2, 0.25) is 0 Å². The molecule has 6 nitrogen and oxygen atoms in total. The summed E-state index contributed by atoms with van der Waals surface area (Å²) in [7, 11) is 0. The van der Waals surface area contributed by atoms with Gasteiger partial charge in [-0.2, -0.15) is 5.26 Å². The monoisotopic (exact) mass is 445 g/mol. The maximum absolute atomic E-state index is 12.4. The van der Waals surface area contributed by atoms with Gasteiger partial charge in [-0.1, -0.05) is 87.1 Å². The zero-order valence-corrected chi connectivity index (χ0v) is 19.6. The molecule has 0 aliphatic heterocycles. The topological polar surface area (TPSA) is 97.6 Å². The lowest BCUT2D eigenvalue weighted by atomic mass is 9.87. The van der Waals surface area contributed by atoms with Gasteiger partial charge >= 0.3 is 0 Å². The number of rotatable bonds is 7. The maximum Gasteiger partial charge on any atom is 0.192 e. The molecule has 0 saturated heterocycles. The van der Waals surface area contributed by atoms with Crippen molar-refractivity contribution < 1.29 is 4.79 Å². The van der Waals surface area contributed by atoms with E-state index in [4.69, 9.17) is 5.73 Å². The molecule has 0 radical (unpaired) electrons.